The van der Waals surface area contributed by atoms with Gasteiger partial charge in [-0.1, -0.05) is 0 Å². The van der Waals surface area contributed by atoms with Crippen LogP contribution in [-0.4, -0.2) is 52.8 Å². The molecule has 0 atom stereocenters. The van der Waals surface area contributed by atoms with E-state index in [0.29, 0.717) is 18.2 Å². The number of pyridine rings is 1. The SMILES string of the molecule is CC(C)(C)O.CCOC(=O)Cc1c(C)cc2nc(C(=O)NC)sc2c1-c1ccc2c3c(ccnc13)CCO2. The van der Waals surface area contributed by atoms with Crippen LogP contribution in [0, 0.1) is 6.92 Å². The third kappa shape index (κ3) is 5.79. The number of ether oxygens (including phenoxy) is 2. The van der Waals surface area contributed by atoms with Crippen LogP contribution in [0.3, 0.4) is 0 Å². The molecule has 1 aliphatic heterocycles. The van der Waals surface area contributed by atoms with Gasteiger partial charge in [0.25, 0.3) is 5.91 Å². The van der Waals surface area contributed by atoms with Crippen LogP contribution in [0.5, 0.6) is 5.75 Å². The van der Waals surface area contributed by atoms with Crippen molar-refractivity contribution in [2.75, 3.05) is 20.3 Å². The van der Waals surface area contributed by atoms with E-state index in [2.05, 4.69) is 10.3 Å². The lowest BCUT2D eigenvalue weighted by molar-refractivity contribution is -0.142. The summed E-state index contributed by atoms with van der Waals surface area (Å²) in [6, 6.07) is 7.91. The number of rotatable bonds is 5. The van der Waals surface area contributed by atoms with E-state index in [-0.39, 0.29) is 18.3 Å². The van der Waals surface area contributed by atoms with Gasteiger partial charge in [-0.05, 0) is 75.6 Å². The van der Waals surface area contributed by atoms with Crippen molar-refractivity contribution in [2.24, 2.45) is 0 Å². The molecule has 0 saturated heterocycles. The van der Waals surface area contributed by atoms with Crippen molar-refractivity contribution in [3.63, 3.8) is 0 Å². The minimum atomic E-state index is -0.500. The number of esters is 1. The zero-order valence-corrected chi connectivity index (χ0v) is 23.4. The zero-order valence-electron chi connectivity index (χ0n) is 22.6. The molecule has 3 heterocycles. The molecule has 0 bridgehead atoms. The molecule has 1 amide bonds. The Balaban J connectivity index is 0.000000617. The predicted molar refractivity (Wildman–Crippen MR) is 150 cm³/mol. The van der Waals surface area contributed by atoms with E-state index in [1.165, 1.54) is 16.9 Å². The van der Waals surface area contributed by atoms with Gasteiger partial charge in [0.1, 0.15) is 5.75 Å². The first-order chi connectivity index (χ1) is 18.0. The van der Waals surface area contributed by atoms with E-state index in [4.69, 9.17) is 19.6 Å². The minimum Gasteiger partial charge on any atom is -0.493 e. The van der Waals surface area contributed by atoms with E-state index in [9.17, 15) is 9.59 Å². The van der Waals surface area contributed by atoms with Crippen molar-refractivity contribution in [3.8, 4) is 16.9 Å². The molecule has 0 aliphatic carbocycles. The predicted octanol–water partition coefficient (Wildman–Crippen LogP) is 5.00. The summed E-state index contributed by atoms with van der Waals surface area (Å²) in [5.41, 5.74) is 5.75. The largest absolute Gasteiger partial charge is 0.493 e. The number of carbonyl (C=O) groups excluding carboxylic acids is 2. The van der Waals surface area contributed by atoms with Crippen LogP contribution in [0.2, 0.25) is 0 Å². The van der Waals surface area contributed by atoms with Gasteiger partial charge in [0.15, 0.2) is 5.01 Å². The Morgan fingerprint density at radius 2 is 1.97 bits per heavy atom. The second-order valence-electron chi connectivity index (χ2n) is 10.0. The number of benzene rings is 2. The van der Waals surface area contributed by atoms with Crippen molar-refractivity contribution in [1.29, 1.82) is 0 Å². The summed E-state index contributed by atoms with van der Waals surface area (Å²) in [6.07, 6.45) is 2.75. The third-order valence-corrected chi connectivity index (χ3v) is 6.99. The Morgan fingerprint density at radius 3 is 2.66 bits per heavy atom. The second kappa shape index (κ2) is 11.0. The Labute approximate surface area is 226 Å². The maximum absolute atomic E-state index is 12.5. The smallest absolute Gasteiger partial charge is 0.310 e. The number of aliphatic hydroxyl groups is 1. The fourth-order valence-electron chi connectivity index (χ4n) is 4.41. The number of carbonyl (C=O) groups is 2. The van der Waals surface area contributed by atoms with Crippen molar-refractivity contribution in [1.82, 2.24) is 15.3 Å². The minimum absolute atomic E-state index is 0.123. The van der Waals surface area contributed by atoms with Crippen LogP contribution >= 0.6 is 11.3 Å². The number of aromatic nitrogens is 2. The molecule has 2 aromatic carbocycles. The molecular weight excluding hydrogens is 502 g/mol. The van der Waals surface area contributed by atoms with Crippen LogP contribution in [-0.2, 0) is 22.4 Å². The molecule has 4 aromatic rings. The van der Waals surface area contributed by atoms with Gasteiger partial charge in [-0.25, -0.2) is 4.98 Å². The van der Waals surface area contributed by atoms with Gasteiger partial charge in [0.05, 0.1) is 41.0 Å². The van der Waals surface area contributed by atoms with E-state index < -0.39 is 5.60 Å². The molecule has 0 spiro atoms. The van der Waals surface area contributed by atoms with Crippen LogP contribution in [0.25, 0.3) is 32.2 Å². The van der Waals surface area contributed by atoms with Gasteiger partial charge in [0.2, 0.25) is 0 Å². The Hall–Kier alpha value is -3.56. The molecule has 1 aliphatic rings. The van der Waals surface area contributed by atoms with E-state index in [0.717, 1.165) is 55.5 Å². The van der Waals surface area contributed by atoms with Crippen molar-refractivity contribution < 1.29 is 24.2 Å². The third-order valence-electron chi connectivity index (χ3n) is 5.90. The molecule has 8 nitrogen and oxygen atoms in total. The first-order valence-electron chi connectivity index (χ1n) is 12.6. The molecule has 200 valence electrons. The lowest BCUT2D eigenvalue weighted by atomic mass is 9.90. The van der Waals surface area contributed by atoms with E-state index in [1.54, 1.807) is 34.7 Å². The monoisotopic (exact) mass is 535 g/mol. The molecule has 0 fully saturated rings. The topological polar surface area (TPSA) is 111 Å². The first-order valence-corrected chi connectivity index (χ1v) is 13.4. The summed E-state index contributed by atoms with van der Waals surface area (Å²) in [4.78, 5) is 34.2. The van der Waals surface area contributed by atoms with Gasteiger partial charge in [-0.3, -0.25) is 14.6 Å². The second-order valence-corrected chi connectivity index (χ2v) is 11.0. The molecule has 0 radical (unpaired) electrons. The van der Waals surface area contributed by atoms with Gasteiger partial charge in [0, 0.05) is 36.2 Å². The average molecular weight is 536 g/mol. The summed E-state index contributed by atoms with van der Waals surface area (Å²) < 4.78 is 12.0. The summed E-state index contributed by atoms with van der Waals surface area (Å²) in [7, 11) is 1.59. The molecule has 2 aromatic heterocycles. The fourth-order valence-corrected chi connectivity index (χ4v) is 5.49. The van der Waals surface area contributed by atoms with Crippen LogP contribution in [0.4, 0.5) is 0 Å². The van der Waals surface area contributed by atoms with E-state index in [1.807, 2.05) is 37.4 Å². The molecule has 38 heavy (non-hydrogen) atoms. The maximum atomic E-state index is 12.5. The van der Waals surface area contributed by atoms with Gasteiger partial charge in [-0.2, -0.15) is 0 Å². The molecule has 5 rings (SSSR count). The lowest BCUT2D eigenvalue weighted by Gasteiger charge is -2.21. The highest BCUT2D eigenvalue weighted by Gasteiger charge is 2.25. The highest BCUT2D eigenvalue weighted by molar-refractivity contribution is 7.20. The summed E-state index contributed by atoms with van der Waals surface area (Å²) in [5, 5.41) is 12.5. The fraction of sp³-hybridized carbons (Fsp3) is 0.379. The van der Waals surface area contributed by atoms with Gasteiger partial charge < -0.3 is 19.9 Å². The van der Waals surface area contributed by atoms with Crippen molar-refractivity contribution in [2.45, 2.75) is 53.1 Å². The molecular formula is C29H33N3O5S. The quantitative estimate of drug-likeness (QED) is 0.346. The van der Waals surface area contributed by atoms with E-state index >= 15 is 0 Å². The van der Waals surface area contributed by atoms with Crippen LogP contribution in [0.15, 0.2) is 30.5 Å². The van der Waals surface area contributed by atoms with Crippen molar-refractivity contribution >= 4 is 44.3 Å². The first kappa shape index (κ1) is 27.5. The number of fused-ring (bicyclic) bond motifs is 1. The summed E-state index contributed by atoms with van der Waals surface area (Å²) in [5.74, 6) is 0.278. The number of nitrogens with zero attached hydrogens (tertiary/aromatic N) is 2. The summed E-state index contributed by atoms with van der Waals surface area (Å²) in [6.45, 7) is 9.93. The lowest BCUT2D eigenvalue weighted by Crippen LogP contribution is -2.17. The molecule has 0 saturated carbocycles. The Bertz CT molecular complexity index is 1500. The maximum Gasteiger partial charge on any atom is 0.310 e. The number of hydrogen-bond acceptors (Lipinski definition) is 8. The highest BCUT2D eigenvalue weighted by atomic mass is 32.1. The average Bonchev–Trinajstić information content (AvgIpc) is 3.28. The molecule has 0 unspecified atom stereocenters. The number of thiazole rings is 1. The normalized spacial score (nSPS) is 12.5. The van der Waals surface area contributed by atoms with Gasteiger partial charge >= 0.3 is 5.97 Å². The summed E-state index contributed by atoms with van der Waals surface area (Å²) >= 11 is 1.32. The standard InChI is InChI=1S/C25H23N3O4S.C4H10O/c1-4-31-19(29)12-16-13(2)11-17-23(33-25(28-17)24(30)26-3)21(16)15-5-6-18-20-14(8-10-32-18)7-9-27-22(15)20;1-4(2,3)5/h5-7,9,11H,4,8,10,12H2,1-3H3,(H,26,30);5H,1-3H3. The van der Waals surface area contributed by atoms with Crippen LogP contribution < -0.4 is 10.1 Å². The van der Waals surface area contributed by atoms with Crippen LogP contribution in [0.1, 0.15) is 54.2 Å². The number of nitrogens with one attached hydrogen (secondary N) is 1. The Morgan fingerprint density at radius 1 is 1.24 bits per heavy atom. The van der Waals surface area contributed by atoms with Crippen molar-refractivity contribution in [3.05, 3.63) is 52.2 Å². The van der Waals surface area contributed by atoms with Gasteiger partial charge in [-0.15, -0.1) is 11.3 Å². The number of hydrogen-bond donors (Lipinski definition) is 2. The number of amides is 1. The Kier molecular flexibility index (Phi) is 7.99. The highest BCUT2D eigenvalue weighted by Crippen LogP contribution is 2.43. The zero-order chi connectivity index (χ0) is 27.6. The molecule has 2 N–H and O–H groups in total. The number of aryl methyl sites for hydroxylation is 1. The molecule has 9 heteroatoms.